The third-order valence-electron chi connectivity index (χ3n) is 6.65. The Hall–Kier alpha value is -2.65. The number of nitrogens with zero attached hydrogens (tertiary/aromatic N) is 3. The Kier molecular flexibility index (Phi) is 6.39. The normalized spacial score (nSPS) is 20.5. The van der Waals surface area contributed by atoms with E-state index in [1.54, 1.807) is 7.05 Å². The molecule has 1 aromatic heterocycles. The van der Waals surface area contributed by atoms with Gasteiger partial charge < -0.3 is 15.2 Å². The Labute approximate surface area is 189 Å². The number of rotatable bonds is 6. The van der Waals surface area contributed by atoms with Crippen molar-refractivity contribution in [3.05, 3.63) is 53.9 Å². The van der Waals surface area contributed by atoms with Crippen molar-refractivity contribution in [1.82, 2.24) is 13.8 Å². The van der Waals surface area contributed by atoms with Gasteiger partial charge in [0.05, 0.1) is 0 Å². The summed E-state index contributed by atoms with van der Waals surface area (Å²) in [5, 5.41) is 0. The maximum Gasteiger partial charge on any atom is 0.265 e. The molecule has 2 amide bonds. The Bertz CT molecular complexity index is 1090. The van der Waals surface area contributed by atoms with Crippen molar-refractivity contribution in [3.63, 3.8) is 0 Å². The van der Waals surface area contributed by atoms with Crippen molar-refractivity contribution in [2.24, 2.45) is 18.7 Å². The first-order valence-corrected chi connectivity index (χ1v) is 12.5. The number of sulfonamides is 1. The molecule has 0 unspecified atom stereocenters. The van der Waals surface area contributed by atoms with E-state index in [9.17, 15) is 18.0 Å². The summed E-state index contributed by atoms with van der Waals surface area (Å²) in [6, 6.07) is 11.7. The third kappa shape index (κ3) is 4.45. The van der Waals surface area contributed by atoms with Crippen LogP contribution in [0.5, 0.6) is 0 Å². The maximum absolute atomic E-state index is 13.3. The van der Waals surface area contributed by atoms with Crippen molar-refractivity contribution in [2.45, 2.75) is 43.0 Å². The molecule has 8 nitrogen and oxygen atoms in total. The number of likely N-dealkylation sites (tertiary alicyclic amines) is 1. The number of hydrogen-bond acceptors (Lipinski definition) is 4. The zero-order valence-electron chi connectivity index (χ0n) is 18.3. The second-order valence-corrected chi connectivity index (χ2v) is 10.7. The zero-order chi connectivity index (χ0) is 22.9. The molecule has 9 heteroatoms. The monoisotopic (exact) mass is 458 g/mol. The lowest BCUT2D eigenvalue weighted by Crippen LogP contribution is -2.46. The van der Waals surface area contributed by atoms with E-state index >= 15 is 0 Å². The number of amides is 2. The number of piperidine rings is 1. The van der Waals surface area contributed by atoms with Crippen molar-refractivity contribution >= 4 is 21.8 Å². The maximum atomic E-state index is 13.3. The van der Waals surface area contributed by atoms with E-state index in [4.69, 9.17) is 5.73 Å². The number of aromatic nitrogens is 1. The van der Waals surface area contributed by atoms with E-state index < -0.39 is 15.9 Å². The van der Waals surface area contributed by atoms with Gasteiger partial charge in [0.25, 0.3) is 5.91 Å². The Morgan fingerprint density at radius 1 is 1.06 bits per heavy atom. The summed E-state index contributed by atoms with van der Waals surface area (Å²) in [5.74, 6) is -0.681. The van der Waals surface area contributed by atoms with E-state index in [0.717, 1.165) is 25.8 Å². The van der Waals surface area contributed by atoms with Gasteiger partial charge in [-0.15, -0.1) is 0 Å². The van der Waals surface area contributed by atoms with E-state index in [2.05, 4.69) is 12.1 Å². The standard InChI is InChI=1S/C23H30N4O4S/c1-25-16-20(15-21(25)22(24)28)32(30,31)26-12-9-18(10-13-26)23(29)27-11-5-8-19(27)14-17-6-3-2-4-7-17/h2-4,6-7,15-16,18-19H,5,8-14H2,1H3,(H2,24,28)/t19-/m1/s1. The number of carbonyl (C=O) groups is 2. The summed E-state index contributed by atoms with van der Waals surface area (Å²) in [6.45, 7) is 1.35. The van der Waals surface area contributed by atoms with Gasteiger partial charge in [0.2, 0.25) is 15.9 Å². The van der Waals surface area contributed by atoms with Gasteiger partial charge in [-0.1, -0.05) is 30.3 Å². The van der Waals surface area contributed by atoms with Crippen molar-refractivity contribution in [3.8, 4) is 0 Å². The molecule has 1 atom stereocenters. The first kappa shape index (κ1) is 22.5. The zero-order valence-corrected chi connectivity index (χ0v) is 19.1. The van der Waals surface area contributed by atoms with Crippen molar-refractivity contribution in [1.29, 1.82) is 0 Å². The van der Waals surface area contributed by atoms with Crippen LogP contribution in [0.1, 0.15) is 41.7 Å². The summed E-state index contributed by atoms with van der Waals surface area (Å²) in [6.07, 6.45) is 5.28. The van der Waals surface area contributed by atoms with Crippen LogP contribution in [0.4, 0.5) is 0 Å². The van der Waals surface area contributed by atoms with Crippen LogP contribution in [0.15, 0.2) is 47.5 Å². The molecule has 3 heterocycles. The van der Waals surface area contributed by atoms with Crippen LogP contribution in [-0.2, 0) is 28.3 Å². The lowest BCUT2D eigenvalue weighted by atomic mass is 9.95. The van der Waals surface area contributed by atoms with Gasteiger partial charge in [0.1, 0.15) is 10.6 Å². The summed E-state index contributed by atoms with van der Waals surface area (Å²) in [4.78, 5) is 26.8. The van der Waals surface area contributed by atoms with Crippen LogP contribution in [-0.4, -0.2) is 59.7 Å². The molecule has 4 rings (SSSR count). The first-order valence-electron chi connectivity index (χ1n) is 11.1. The fourth-order valence-corrected chi connectivity index (χ4v) is 6.41. The molecule has 32 heavy (non-hydrogen) atoms. The van der Waals surface area contributed by atoms with Crippen LogP contribution >= 0.6 is 0 Å². The summed E-state index contributed by atoms with van der Waals surface area (Å²) >= 11 is 0. The van der Waals surface area contributed by atoms with Gasteiger partial charge in [-0.2, -0.15) is 4.31 Å². The predicted octanol–water partition coefficient (Wildman–Crippen LogP) is 1.76. The molecular weight excluding hydrogens is 428 g/mol. The van der Waals surface area contributed by atoms with Gasteiger partial charge in [0.15, 0.2) is 0 Å². The molecule has 0 spiro atoms. The van der Waals surface area contributed by atoms with Gasteiger partial charge in [-0.25, -0.2) is 8.42 Å². The van der Waals surface area contributed by atoms with Crippen LogP contribution < -0.4 is 5.73 Å². The van der Waals surface area contributed by atoms with Crippen LogP contribution in [0.25, 0.3) is 0 Å². The molecule has 2 N–H and O–H groups in total. The quantitative estimate of drug-likeness (QED) is 0.712. The minimum Gasteiger partial charge on any atom is -0.364 e. The fraction of sp³-hybridized carbons (Fsp3) is 0.478. The SMILES string of the molecule is Cn1cc(S(=O)(=O)N2CCC(C(=O)N3CCC[C@@H]3Cc3ccccc3)CC2)cc1C(N)=O. The predicted molar refractivity (Wildman–Crippen MR) is 120 cm³/mol. The molecule has 0 bridgehead atoms. The molecule has 0 saturated carbocycles. The Balaban J connectivity index is 1.39. The second-order valence-electron chi connectivity index (χ2n) is 8.73. The smallest absolute Gasteiger partial charge is 0.265 e. The lowest BCUT2D eigenvalue weighted by molar-refractivity contribution is -0.137. The molecule has 2 saturated heterocycles. The van der Waals surface area contributed by atoms with Gasteiger partial charge >= 0.3 is 0 Å². The number of nitrogens with two attached hydrogens (primary N) is 1. The van der Waals surface area contributed by atoms with E-state index in [0.29, 0.717) is 12.8 Å². The highest BCUT2D eigenvalue weighted by Crippen LogP contribution is 2.29. The van der Waals surface area contributed by atoms with E-state index in [1.165, 1.54) is 26.7 Å². The van der Waals surface area contributed by atoms with Gasteiger partial charge in [0, 0.05) is 44.8 Å². The topological polar surface area (TPSA) is 106 Å². The molecular formula is C23H30N4O4S. The summed E-state index contributed by atoms with van der Waals surface area (Å²) < 4.78 is 28.9. The molecule has 172 valence electrons. The molecule has 2 aromatic rings. The second kappa shape index (κ2) is 9.07. The molecule has 1 aromatic carbocycles. The number of hydrogen-bond donors (Lipinski definition) is 1. The number of aryl methyl sites for hydroxylation is 1. The summed E-state index contributed by atoms with van der Waals surface area (Å²) in [5.41, 5.74) is 6.69. The minimum absolute atomic E-state index is 0.0565. The average molecular weight is 459 g/mol. The minimum atomic E-state index is -3.74. The van der Waals surface area contributed by atoms with Crippen LogP contribution in [0.3, 0.4) is 0 Å². The van der Waals surface area contributed by atoms with Crippen molar-refractivity contribution in [2.75, 3.05) is 19.6 Å². The highest BCUT2D eigenvalue weighted by molar-refractivity contribution is 7.89. The molecule has 2 aliphatic heterocycles. The van der Waals surface area contributed by atoms with E-state index in [-0.39, 0.29) is 41.5 Å². The molecule has 2 aliphatic rings. The van der Waals surface area contributed by atoms with Gasteiger partial charge in [-0.3, -0.25) is 9.59 Å². The van der Waals surface area contributed by atoms with Crippen LogP contribution in [0, 0.1) is 5.92 Å². The number of benzene rings is 1. The first-order chi connectivity index (χ1) is 15.3. The van der Waals surface area contributed by atoms with Gasteiger partial charge in [-0.05, 0) is 43.7 Å². The highest BCUT2D eigenvalue weighted by Gasteiger charge is 2.37. The fourth-order valence-electron chi connectivity index (χ4n) is 4.87. The number of primary amides is 1. The van der Waals surface area contributed by atoms with E-state index in [1.807, 2.05) is 23.1 Å². The van der Waals surface area contributed by atoms with Crippen LogP contribution in [0.2, 0.25) is 0 Å². The summed E-state index contributed by atoms with van der Waals surface area (Å²) in [7, 11) is -2.15. The molecule has 0 radical (unpaired) electrons. The molecule has 2 fully saturated rings. The lowest BCUT2D eigenvalue weighted by Gasteiger charge is -2.34. The largest absolute Gasteiger partial charge is 0.364 e. The van der Waals surface area contributed by atoms with Crippen molar-refractivity contribution < 1.29 is 18.0 Å². The number of carbonyl (C=O) groups excluding carboxylic acids is 2. The average Bonchev–Trinajstić information content (AvgIpc) is 3.41. The Morgan fingerprint density at radius 3 is 2.38 bits per heavy atom. The highest BCUT2D eigenvalue weighted by atomic mass is 32.2. The third-order valence-corrected chi connectivity index (χ3v) is 8.51. The Morgan fingerprint density at radius 2 is 1.75 bits per heavy atom. The molecule has 0 aliphatic carbocycles.